The molecule has 146 valence electrons. The lowest BCUT2D eigenvalue weighted by molar-refractivity contribution is 0.0597. The van der Waals surface area contributed by atoms with Crippen LogP contribution in [0.2, 0.25) is 0 Å². The summed E-state index contributed by atoms with van der Waals surface area (Å²) in [5.74, 6) is 1.64. The summed E-state index contributed by atoms with van der Waals surface area (Å²) in [6, 6.07) is 5.15. The Hall–Kier alpha value is -3.09. The lowest BCUT2D eigenvalue weighted by Crippen LogP contribution is -2.10. The number of esters is 1. The fraction of sp³-hybridized carbons (Fsp3) is 0.350. The van der Waals surface area contributed by atoms with Crippen molar-refractivity contribution in [2.24, 2.45) is 0 Å². The quantitative estimate of drug-likeness (QED) is 0.685. The van der Waals surface area contributed by atoms with E-state index in [9.17, 15) is 4.79 Å². The zero-order chi connectivity index (χ0) is 20.1. The van der Waals surface area contributed by atoms with Crippen LogP contribution in [0.4, 0.5) is 0 Å². The highest BCUT2D eigenvalue weighted by atomic mass is 16.5. The number of methoxy groups -OCH3 is 6. The first-order chi connectivity index (χ1) is 13.0. The van der Waals surface area contributed by atoms with E-state index in [1.54, 1.807) is 26.4 Å². The topological polar surface area (TPSA) is 72.5 Å². The summed E-state index contributed by atoms with van der Waals surface area (Å²) in [6.45, 7) is 1.88. The molecule has 0 aliphatic carbocycles. The smallest absolute Gasteiger partial charge is 0.342 e. The second kappa shape index (κ2) is 8.53. The van der Waals surface area contributed by atoms with E-state index in [2.05, 4.69) is 0 Å². The normalized spacial score (nSPS) is 10.2. The van der Waals surface area contributed by atoms with Gasteiger partial charge in [0, 0.05) is 23.3 Å². The number of hydrogen-bond donors (Lipinski definition) is 0. The Balaban J connectivity index is 3.04. The van der Waals surface area contributed by atoms with Gasteiger partial charge >= 0.3 is 5.97 Å². The number of aryl methyl sites for hydroxylation is 1. The predicted octanol–water partition coefficient (Wildman–Crippen LogP) is 3.49. The third kappa shape index (κ3) is 3.58. The Kier molecular flexibility index (Phi) is 6.39. The Bertz CT molecular complexity index is 843. The van der Waals surface area contributed by atoms with E-state index in [4.69, 9.17) is 28.4 Å². The van der Waals surface area contributed by atoms with E-state index in [-0.39, 0.29) is 5.56 Å². The Morgan fingerprint density at radius 1 is 0.704 bits per heavy atom. The monoisotopic (exact) mass is 376 g/mol. The van der Waals surface area contributed by atoms with Crippen LogP contribution >= 0.6 is 0 Å². The van der Waals surface area contributed by atoms with Gasteiger partial charge in [0.05, 0.1) is 42.7 Å². The lowest BCUT2D eigenvalue weighted by atomic mass is 9.92. The molecule has 7 nitrogen and oxygen atoms in total. The molecule has 0 aliphatic heterocycles. The second-order valence-corrected chi connectivity index (χ2v) is 5.58. The minimum Gasteiger partial charge on any atom is -0.497 e. The molecule has 0 saturated heterocycles. The molecule has 0 fully saturated rings. The van der Waals surface area contributed by atoms with Crippen LogP contribution in [0, 0.1) is 6.92 Å². The average Bonchev–Trinajstić information content (AvgIpc) is 2.70. The van der Waals surface area contributed by atoms with Crippen LogP contribution < -0.4 is 23.7 Å². The summed E-state index contributed by atoms with van der Waals surface area (Å²) in [7, 11) is 8.90. The first-order valence-electron chi connectivity index (χ1n) is 8.11. The summed E-state index contributed by atoms with van der Waals surface area (Å²) >= 11 is 0. The minimum atomic E-state index is -0.569. The van der Waals surface area contributed by atoms with Crippen LogP contribution in [0.1, 0.15) is 15.9 Å². The van der Waals surface area contributed by atoms with Crippen molar-refractivity contribution in [1.82, 2.24) is 0 Å². The highest BCUT2D eigenvalue weighted by molar-refractivity contribution is 6.04. The van der Waals surface area contributed by atoms with Crippen molar-refractivity contribution in [3.8, 4) is 39.9 Å². The van der Waals surface area contributed by atoms with Crippen molar-refractivity contribution in [3.05, 3.63) is 29.3 Å². The van der Waals surface area contributed by atoms with Crippen molar-refractivity contribution in [3.63, 3.8) is 0 Å². The number of benzene rings is 2. The molecule has 0 saturated carbocycles. The molecule has 2 aromatic rings. The van der Waals surface area contributed by atoms with Gasteiger partial charge in [-0.3, -0.25) is 0 Å². The highest BCUT2D eigenvalue weighted by Gasteiger charge is 2.30. The standard InChI is InChI=1S/C20H24O7/c1-11-8-12(22-2)9-13(23-3)16(11)18-17(20(21)27-7)14(24-4)10-15(25-5)19(18)26-6/h8-10H,1-7H3. The third-order valence-corrected chi connectivity index (χ3v) is 4.22. The molecule has 0 N–H and O–H groups in total. The molecule has 2 aromatic carbocycles. The second-order valence-electron chi connectivity index (χ2n) is 5.58. The summed E-state index contributed by atoms with van der Waals surface area (Å²) in [6.07, 6.45) is 0. The van der Waals surface area contributed by atoms with E-state index in [1.807, 2.05) is 13.0 Å². The summed E-state index contributed by atoms with van der Waals surface area (Å²) < 4.78 is 32.3. The number of carbonyl (C=O) groups excluding carboxylic acids is 1. The molecule has 0 aliphatic rings. The molecule has 0 amide bonds. The predicted molar refractivity (Wildman–Crippen MR) is 101 cm³/mol. The summed E-state index contributed by atoms with van der Waals surface area (Å²) in [4.78, 5) is 12.6. The Morgan fingerprint density at radius 2 is 1.33 bits per heavy atom. The van der Waals surface area contributed by atoms with Crippen molar-refractivity contribution >= 4 is 5.97 Å². The van der Waals surface area contributed by atoms with Gasteiger partial charge < -0.3 is 28.4 Å². The molecule has 0 heterocycles. The molecule has 2 rings (SSSR count). The number of ether oxygens (including phenoxy) is 6. The fourth-order valence-corrected chi connectivity index (χ4v) is 3.00. The van der Waals surface area contributed by atoms with Gasteiger partial charge in [-0.25, -0.2) is 4.79 Å². The maximum Gasteiger partial charge on any atom is 0.342 e. The van der Waals surface area contributed by atoms with Gasteiger partial charge in [-0.15, -0.1) is 0 Å². The fourth-order valence-electron chi connectivity index (χ4n) is 3.00. The molecule has 0 unspecified atom stereocenters. The van der Waals surface area contributed by atoms with E-state index in [1.165, 1.54) is 28.4 Å². The first-order valence-corrected chi connectivity index (χ1v) is 8.11. The Morgan fingerprint density at radius 3 is 1.81 bits per heavy atom. The molecule has 0 bridgehead atoms. The zero-order valence-electron chi connectivity index (χ0n) is 16.6. The van der Waals surface area contributed by atoms with Crippen molar-refractivity contribution in [1.29, 1.82) is 0 Å². The molecule has 0 spiro atoms. The summed E-state index contributed by atoms with van der Waals surface area (Å²) in [5.41, 5.74) is 2.12. The first kappa shape index (κ1) is 20.2. The molecular formula is C20H24O7. The van der Waals surface area contributed by atoms with Gasteiger partial charge in [0.25, 0.3) is 0 Å². The van der Waals surface area contributed by atoms with Crippen LogP contribution in [0.15, 0.2) is 18.2 Å². The third-order valence-electron chi connectivity index (χ3n) is 4.22. The molecular weight excluding hydrogens is 352 g/mol. The molecule has 0 radical (unpaired) electrons. The van der Waals surface area contributed by atoms with Gasteiger partial charge in [-0.05, 0) is 18.6 Å². The highest BCUT2D eigenvalue weighted by Crippen LogP contribution is 2.50. The van der Waals surface area contributed by atoms with Gasteiger partial charge in [0.1, 0.15) is 22.8 Å². The van der Waals surface area contributed by atoms with Crippen LogP contribution in [0.25, 0.3) is 11.1 Å². The maximum absolute atomic E-state index is 12.6. The minimum absolute atomic E-state index is 0.212. The van der Waals surface area contributed by atoms with Crippen LogP contribution in [0.5, 0.6) is 28.7 Å². The van der Waals surface area contributed by atoms with Crippen LogP contribution in [-0.2, 0) is 4.74 Å². The summed E-state index contributed by atoms with van der Waals surface area (Å²) in [5, 5.41) is 0. The lowest BCUT2D eigenvalue weighted by Gasteiger charge is -2.22. The SMILES string of the molecule is COC(=O)c1c(OC)cc(OC)c(OC)c1-c1c(C)cc(OC)cc1OC. The molecule has 7 heteroatoms. The van der Waals surface area contributed by atoms with Crippen molar-refractivity contribution in [2.45, 2.75) is 6.92 Å². The van der Waals surface area contributed by atoms with E-state index in [0.717, 1.165) is 5.56 Å². The average molecular weight is 376 g/mol. The van der Waals surface area contributed by atoms with Gasteiger partial charge in [-0.1, -0.05) is 0 Å². The van der Waals surface area contributed by atoms with E-state index in [0.29, 0.717) is 39.9 Å². The molecule has 0 atom stereocenters. The number of carbonyl (C=O) groups is 1. The molecule has 27 heavy (non-hydrogen) atoms. The van der Waals surface area contributed by atoms with E-state index < -0.39 is 5.97 Å². The van der Waals surface area contributed by atoms with Crippen LogP contribution in [-0.4, -0.2) is 48.6 Å². The maximum atomic E-state index is 12.6. The van der Waals surface area contributed by atoms with Crippen molar-refractivity contribution < 1.29 is 33.2 Å². The van der Waals surface area contributed by atoms with E-state index >= 15 is 0 Å². The van der Waals surface area contributed by atoms with Gasteiger partial charge in [0.15, 0.2) is 11.5 Å². The number of hydrogen-bond acceptors (Lipinski definition) is 7. The Labute approximate surface area is 158 Å². The zero-order valence-corrected chi connectivity index (χ0v) is 16.6. The largest absolute Gasteiger partial charge is 0.497 e. The van der Waals surface area contributed by atoms with Gasteiger partial charge in [0.2, 0.25) is 0 Å². The molecule has 0 aromatic heterocycles. The van der Waals surface area contributed by atoms with Crippen molar-refractivity contribution in [2.75, 3.05) is 42.7 Å². The van der Waals surface area contributed by atoms with Gasteiger partial charge in [-0.2, -0.15) is 0 Å². The number of rotatable bonds is 7. The van der Waals surface area contributed by atoms with Crippen LogP contribution in [0.3, 0.4) is 0 Å².